The Bertz CT molecular complexity index is 990. The molecule has 3 amide bonds. The number of carbonyl (C=O) groups is 3. The summed E-state index contributed by atoms with van der Waals surface area (Å²) in [5.74, 6) is -0.247. The Hall–Kier alpha value is -2.50. The number of hydrogen-bond donors (Lipinski definition) is 0. The maximum atomic E-state index is 12.9. The number of nitrogens with zero attached hydrogens (tertiary/aromatic N) is 4. The van der Waals surface area contributed by atoms with Crippen LogP contribution in [0.25, 0.3) is 0 Å². The number of carbonyl (C=O) groups excluding carboxylic acids is 3. The summed E-state index contributed by atoms with van der Waals surface area (Å²) >= 11 is 0. The Morgan fingerprint density at radius 3 is 1.97 bits per heavy atom. The second-order valence-corrected chi connectivity index (χ2v) is 10.5. The van der Waals surface area contributed by atoms with Crippen molar-refractivity contribution < 1.29 is 27.5 Å². The molecule has 3 saturated heterocycles. The van der Waals surface area contributed by atoms with Crippen LogP contribution in [0.3, 0.4) is 0 Å². The fourth-order valence-electron chi connectivity index (χ4n) is 4.45. The molecule has 11 heteroatoms. The van der Waals surface area contributed by atoms with E-state index in [0.717, 1.165) is 12.8 Å². The van der Waals surface area contributed by atoms with Gasteiger partial charge in [0.2, 0.25) is 15.9 Å². The Balaban J connectivity index is 1.34. The first kappa shape index (κ1) is 23.7. The fraction of sp³-hybridized carbons (Fsp3) is 0.591. The molecule has 0 saturated carbocycles. The highest BCUT2D eigenvalue weighted by Gasteiger charge is 2.32. The summed E-state index contributed by atoms with van der Waals surface area (Å²) in [7, 11) is -3.69. The number of ether oxygens (including phenoxy) is 1. The van der Waals surface area contributed by atoms with Crippen LogP contribution in [0.15, 0.2) is 29.2 Å². The average Bonchev–Trinajstić information content (AvgIpc) is 3.38. The van der Waals surface area contributed by atoms with E-state index < -0.39 is 10.0 Å². The van der Waals surface area contributed by atoms with Gasteiger partial charge >= 0.3 is 0 Å². The van der Waals surface area contributed by atoms with Crippen molar-refractivity contribution in [3.05, 3.63) is 29.8 Å². The summed E-state index contributed by atoms with van der Waals surface area (Å²) in [6.07, 6.45) is 1.29. The molecular formula is C22H30N4O6S. The smallest absolute Gasteiger partial charge is 0.253 e. The highest BCUT2D eigenvalue weighted by molar-refractivity contribution is 7.89. The van der Waals surface area contributed by atoms with Crippen molar-refractivity contribution in [2.45, 2.75) is 30.8 Å². The van der Waals surface area contributed by atoms with Crippen LogP contribution in [0.1, 0.15) is 30.1 Å². The van der Waals surface area contributed by atoms with Gasteiger partial charge in [0.15, 0.2) is 0 Å². The molecule has 1 aromatic rings. The van der Waals surface area contributed by atoms with Crippen molar-refractivity contribution in [2.75, 3.05) is 59.0 Å². The molecule has 1 aromatic carbocycles. The monoisotopic (exact) mass is 478 g/mol. The molecule has 0 N–H and O–H groups in total. The van der Waals surface area contributed by atoms with Crippen molar-refractivity contribution in [2.24, 2.45) is 0 Å². The summed E-state index contributed by atoms with van der Waals surface area (Å²) in [6.45, 7) is 5.10. The molecule has 3 heterocycles. The number of amides is 3. The van der Waals surface area contributed by atoms with Gasteiger partial charge < -0.3 is 19.4 Å². The lowest BCUT2D eigenvalue weighted by Crippen LogP contribution is -2.52. The van der Waals surface area contributed by atoms with Gasteiger partial charge in [-0.3, -0.25) is 14.4 Å². The molecule has 1 atom stereocenters. The SMILES string of the molecule is CC(=O)N1CCN(S(=O)(=O)c2ccc(C(=O)N3CCN(C(=O)C4CCCO4)CC3)cc2)CC1. The average molecular weight is 479 g/mol. The van der Waals surface area contributed by atoms with Crippen LogP contribution in [-0.2, 0) is 24.3 Å². The Morgan fingerprint density at radius 1 is 0.848 bits per heavy atom. The third kappa shape index (κ3) is 5.04. The molecule has 0 spiro atoms. The molecule has 3 fully saturated rings. The van der Waals surface area contributed by atoms with Crippen LogP contribution >= 0.6 is 0 Å². The van der Waals surface area contributed by atoms with E-state index >= 15 is 0 Å². The second kappa shape index (κ2) is 9.78. The van der Waals surface area contributed by atoms with Gasteiger partial charge in [-0.25, -0.2) is 8.42 Å². The summed E-state index contributed by atoms with van der Waals surface area (Å²) < 4.78 is 32.7. The standard InChI is InChI=1S/C22H30N4O6S/c1-17(27)23-12-14-26(15-13-23)33(30,31)19-6-4-18(5-7-19)21(28)24-8-10-25(11-9-24)22(29)20-3-2-16-32-20/h4-7,20H,2-3,8-16H2,1H3. The van der Waals surface area contributed by atoms with Gasteiger partial charge in [0.1, 0.15) is 6.10 Å². The Morgan fingerprint density at radius 2 is 1.42 bits per heavy atom. The fourth-order valence-corrected chi connectivity index (χ4v) is 5.87. The van der Waals surface area contributed by atoms with Gasteiger partial charge in [0.25, 0.3) is 11.8 Å². The molecule has 0 aromatic heterocycles. The summed E-state index contributed by atoms with van der Waals surface area (Å²) in [5, 5.41) is 0. The summed E-state index contributed by atoms with van der Waals surface area (Å²) in [6, 6.07) is 5.98. The lowest BCUT2D eigenvalue weighted by atomic mass is 10.1. The lowest BCUT2D eigenvalue weighted by Gasteiger charge is -2.35. The number of piperazine rings is 2. The summed E-state index contributed by atoms with van der Waals surface area (Å²) in [4.78, 5) is 42.0. The van der Waals surface area contributed by atoms with Gasteiger partial charge in [0, 0.05) is 71.5 Å². The summed E-state index contributed by atoms with van der Waals surface area (Å²) in [5.41, 5.74) is 0.411. The molecule has 10 nitrogen and oxygen atoms in total. The normalized spacial score (nSPS) is 22.5. The van der Waals surface area contributed by atoms with Gasteiger partial charge in [-0.1, -0.05) is 0 Å². The first-order chi connectivity index (χ1) is 15.8. The van der Waals surface area contributed by atoms with Gasteiger partial charge in [-0.05, 0) is 37.1 Å². The van der Waals surface area contributed by atoms with E-state index in [1.165, 1.54) is 35.5 Å². The molecule has 0 aliphatic carbocycles. The molecule has 3 aliphatic rings. The Labute approximate surface area is 194 Å². The van der Waals surface area contributed by atoms with Crippen molar-refractivity contribution in [1.29, 1.82) is 0 Å². The molecule has 180 valence electrons. The second-order valence-electron chi connectivity index (χ2n) is 8.55. The van der Waals surface area contributed by atoms with Crippen molar-refractivity contribution >= 4 is 27.7 Å². The minimum Gasteiger partial charge on any atom is -0.368 e. The van der Waals surface area contributed by atoms with Gasteiger partial charge in [0.05, 0.1) is 4.90 Å². The maximum Gasteiger partial charge on any atom is 0.253 e. The molecule has 33 heavy (non-hydrogen) atoms. The lowest BCUT2D eigenvalue weighted by molar-refractivity contribution is -0.142. The van der Waals surface area contributed by atoms with Crippen LogP contribution in [0.2, 0.25) is 0 Å². The zero-order valence-electron chi connectivity index (χ0n) is 18.8. The topological polar surface area (TPSA) is 108 Å². The van der Waals surface area contributed by atoms with Crippen LogP contribution in [-0.4, -0.2) is 110 Å². The molecule has 3 aliphatic heterocycles. The van der Waals surface area contributed by atoms with Crippen LogP contribution < -0.4 is 0 Å². The van der Waals surface area contributed by atoms with E-state index in [4.69, 9.17) is 4.74 Å². The minimum absolute atomic E-state index is 0.00158. The van der Waals surface area contributed by atoms with Crippen molar-refractivity contribution in [3.63, 3.8) is 0 Å². The third-order valence-electron chi connectivity index (χ3n) is 6.51. The predicted molar refractivity (Wildman–Crippen MR) is 119 cm³/mol. The quantitative estimate of drug-likeness (QED) is 0.603. The first-order valence-corrected chi connectivity index (χ1v) is 12.8. The van der Waals surface area contributed by atoms with E-state index in [-0.39, 0.29) is 41.8 Å². The number of hydrogen-bond acceptors (Lipinski definition) is 6. The molecule has 4 rings (SSSR count). The molecular weight excluding hydrogens is 448 g/mol. The number of sulfonamides is 1. The van der Waals surface area contributed by atoms with Crippen LogP contribution in [0.4, 0.5) is 0 Å². The van der Waals surface area contributed by atoms with Crippen molar-refractivity contribution in [1.82, 2.24) is 19.0 Å². The van der Waals surface area contributed by atoms with Crippen LogP contribution in [0.5, 0.6) is 0 Å². The van der Waals surface area contributed by atoms with Crippen LogP contribution in [0, 0.1) is 0 Å². The van der Waals surface area contributed by atoms with E-state index in [0.29, 0.717) is 51.4 Å². The first-order valence-electron chi connectivity index (χ1n) is 11.3. The van der Waals surface area contributed by atoms with E-state index in [9.17, 15) is 22.8 Å². The minimum atomic E-state index is -3.69. The molecule has 0 bridgehead atoms. The number of benzene rings is 1. The predicted octanol–water partition coefficient (Wildman–Crippen LogP) is 0.00280. The van der Waals surface area contributed by atoms with E-state index in [1.54, 1.807) is 14.7 Å². The largest absolute Gasteiger partial charge is 0.368 e. The molecule has 0 radical (unpaired) electrons. The zero-order valence-corrected chi connectivity index (χ0v) is 19.6. The van der Waals surface area contributed by atoms with Crippen molar-refractivity contribution in [3.8, 4) is 0 Å². The highest BCUT2D eigenvalue weighted by Crippen LogP contribution is 2.20. The van der Waals surface area contributed by atoms with Gasteiger partial charge in [-0.15, -0.1) is 0 Å². The Kier molecular flexibility index (Phi) is 7.01. The third-order valence-corrected chi connectivity index (χ3v) is 8.42. The number of rotatable bonds is 4. The maximum absolute atomic E-state index is 12.9. The zero-order chi connectivity index (χ0) is 23.6. The van der Waals surface area contributed by atoms with Gasteiger partial charge in [-0.2, -0.15) is 4.31 Å². The highest BCUT2D eigenvalue weighted by atomic mass is 32.2. The molecule has 1 unspecified atom stereocenters. The van der Waals surface area contributed by atoms with E-state index in [1.807, 2.05) is 0 Å². The van der Waals surface area contributed by atoms with E-state index in [2.05, 4.69) is 0 Å².